The van der Waals surface area contributed by atoms with Crippen LogP contribution in [0.2, 0.25) is 0 Å². The topological polar surface area (TPSA) is 139 Å². The van der Waals surface area contributed by atoms with Crippen molar-refractivity contribution in [2.75, 3.05) is 4.90 Å². The highest BCUT2D eigenvalue weighted by atomic mass is 16.5. The van der Waals surface area contributed by atoms with Crippen molar-refractivity contribution in [1.82, 2.24) is 15.1 Å². The van der Waals surface area contributed by atoms with Gasteiger partial charge >= 0.3 is 12.2 Å². The summed E-state index contributed by atoms with van der Waals surface area (Å²) >= 11 is 0. The van der Waals surface area contributed by atoms with Gasteiger partial charge in [-0.15, -0.1) is 0 Å². The first-order valence-corrected chi connectivity index (χ1v) is 9.80. The van der Waals surface area contributed by atoms with Crippen LogP contribution in [-0.2, 0) is 13.0 Å². The molecule has 2 N–H and O–H groups in total. The number of pyridine rings is 2. The molecule has 0 aliphatic rings. The van der Waals surface area contributed by atoms with Crippen LogP contribution in [0.3, 0.4) is 0 Å². The van der Waals surface area contributed by atoms with E-state index in [-0.39, 0.29) is 22.0 Å². The van der Waals surface area contributed by atoms with E-state index in [4.69, 9.17) is 9.26 Å². The second kappa shape index (κ2) is 9.60. The maximum absolute atomic E-state index is 11.4. The summed E-state index contributed by atoms with van der Waals surface area (Å²) in [6.07, 6.45) is 0.0828. The Labute approximate surface area is 187 Å². The Morgan fingerprint density at radius 3 is 2.33 bits per heavy atom. The summed E-state index contributed by atoms with van der Waals surface area (Å²) in [5, 5.41) is 22.5. The van der Waals surface area contributed by atoms with E-state index in [1.54, 1.807) is 24.4 Å². The summed E-state index contributed by atoms with van der Waals surface area (Å²) in [6, 6.07) is 17.9. The first-order chi connectivity index (χ1) is 16.0. The molecule has 0 fully saturated rings. The smallest absolute Gasteiger partial charge is 0.422 e. The van der Waals surface area contributed by atoms with E-state index >= 15 is 0 Å². The van der Waals surface area contributed by atoms with Crippen LogP contribution >= 0.6 is 0 Å². The van der Waals surface area contributed by atoms with Gasteiger partial charge in [-0.05, 0) is 29.3 Å². The van der Waals surface area contributed by atoms with Crippen LogP contribution in [-0.4, -0.2) is 37.5 Å². The first kappa shape index (κ1) is 21.5. The van der Waals surface area contributed by atoms with Gasteiger partial charge in [0.25, 0.3) is 0 Å². The number of ether oxygens (including phenoxy) is 1. The van der Waals surface area contributed by atoms with Crippen molar-refractivity contribution >= 4 is 18.0 Å². The molecule has 0 saturated carbocycles. The minimum Gasteiger partial charge on any atom is -0.473 e. The molecule has 3 heterocycles. The lowest BCUT2D eigenvalue weighted by Crippen LogP contribution is -2.35. The lowest BCUT2D eigenvalue weighted by atomic mass is 10.1. The second-order valence-corrected chi connectivity index (χ2v) is 6.91. The molecule has 10 heteroatoms. The minimum atomic E-state index is -1.67. The second-order valence-electron chi connectivity index (χ2n) is 6.91. The van der Waals surface area contributed by atoms with Crippen LogP contribution in [0.25, 0.3) is 11.3 Å². The highest BCUT2D eigenvalue weighted by molar-refractivity contribution is 6.09. The van der Waals surface area contributed by atoms with Crippen LogP contribution < -0.4 is 9.64 Å². The Bertz CT molecular complexity index is 1240. The van der Waals surface area contributed by atoms with E-state index in [0.717, 1.165) is 11.1 Å². The van der Waals surface area contributed by atoms with Gasteiger partial charge in [0.2, 0.25) is 5.88 Å². The summed E-state index contributed by atoms with van der Waals surface area (Å²) in [6.45, 7) is 0.388. The molecule has 0 saturated heterocycles. The van der Waals surface area contributed by atoms with Crippen LogP contribution in [0.1, 0.15) is 16.8 Å². The zero-order valence-electron chi connectivity index (χ0n) is 17.2. The largest absolute Gasteiger partial charge is 0.473 e. The molecule has 0 bridgehead atoms. The van der Waals surface area contributed by atoms with Crippen LogP contribution in [0.4, 0.5) is 15.4 Å². The van der Waals surface area contributed by atoms with E-state index < -0.39 is 12.2 Å². The maximum Gasteiger partial charge on any atom is 0.422 e. The molecule has 166 valence electrons. The lowest BCUT2D eigenvalue weighted by Gasteiger charge is -2.14. The average molecular weight is 446 g/mol. The molecule has 2 amide bonds. The summed E-state index contributed by atoms with van der Waals surface area (Å²) < 4.78 is 11.0. The predicted molar refractivity (Wildman–Crippen MR) is 116 cm³/mol. The van der Waals surface area contributed by atoms with Gasteiger partial charge in [-0.3, -0.25) is 0 Å². The number of carbonyl (C=O) groups is 2. The number of anilines is 1. The lowest BCUT2D eigenvalue weighted by molar-refractivity contribution is 0.184. The van der Waals surface area contributed by atoms with Crippen molar-refractivity contribution in [2.45, 2.75) is 13.0 Å². The van der Waals surface area contributed by atoms with Crippen LogP contribution in [0, 0.1) is 0 Å². The third-order valence-electron chi connectivity index (χ3n) is 4.64. The Balaban J connectivity index is 1.46. The fraction of sp³-hybridized carbons (Fsp3) is 0.0870. The zero-order chi connectivity index (χ0) is 23.2. The zero-order valence-corrected chi connectivity index (χ0v) is 17.2. The summed E-state index contributed by atoms with van der Waals surface area (Å²) in [4.78, 5) is 30.9. The quantitative estimate of drug-likeness (QED) is 0.421. The van der Waals surface area contributed by atoms with Gasteiger partial charge in [0.1, 0.15) is 6.61 Å². The SMILES string of the molecule is O=C(O)N(C(=O)O)c1ncccc1-c1cc(Cc2ccc(COc3ccccn3)cc2)no1. The Morgan fingerprint density at radius 2 is 1.64 bits per heavy atom. The molecule has 1 aromatic carbocycles. The fourth-order valence-electron chi connectivity index (χ4n) is 3.10. The molecule has 0 spiro atoms. The van der Waals surface area contributed by atoms with E-state index in [2.05, 4.69) is 15.1 Å². The molecule has 0 atom stereocenters. The molecule has 3 aromatic heterocycles. The van der Waals surface area contributed by atoms with E-state index in [0.29, 0.717) is 24.6 Å². The molecule has 0 radical (unpaired) electrons. The van der Waals surface area contributed by atoms with Gasteiger partial charge in [-0.25, -0.2) is 19.6 Å². The van der Waals surface area contributed by atoms with Gasteiger partial charge in [0.15, 0.2) is 11.6 Å². The van der Waals surface area contributed by atoms with Crippen molar-refractivity contribution in [2.24, 2.45) is 0 Å². The molecule has 10 nitrogen and oxygen atoms in total. The van der Waals surface area contributed by atoms with Crippen LogP contribution in [0.15, 0.2) is 77.6 Å². The number of carboxylic acid groups (broad SMARTS) is 2. The average Bonchev–Trinajstić information content (AvgIpc) is 3.27. The van der Waals surface area contributed by atoms with E-state index in [1.807, 2.05) is 36.4 Å². The molecular weight excluding hydrogens is 428 g/mol. The number of amides is 2. The van der Waals surface area contributed by atoms with Gasteiger partial charge in [-0.2, -0.15) is 4.90 Å². The Kier molecular flexibility index (Phi) is 6.26. The number of aromatic nitrogens is 3. The molecule has 4 aromatic rings. The number of imide groups is 1. The molecule has 0 aliphatic carbocycles. The third-order valence-corrected chi connectivity index (χ3v) is 4.64. The first-order valence-electron chi connectivity index (χ1n) is 9.80. The fourth-order valence-corrected chi connectivity index (χ4v) is 3.10. The summed E-state index contributed by atoms with van der Waals surface area (Å²) in [7, 11) is 0. The highest BCUT2D eigenvalue weighted by Gasteiger charge is 2.27. The standard InChI is InChI=1S/C23H18N4O6/c28-22(29)27(23(30)31)21-18(4-3-11-25-21)19-13-17(26-33-19)12-15-6-8-16(9-7-15)14-32-20-5-1-2-10-24-20/h1-11,13H,12,14H2,(H,28,29)(H,30,31). The van der Waals surface area contributed by atoms with Crippen molar-refractivity contribution in [1.29, 1.82) is 0 Å². The van der Waals surface area contributed by atoms with Crippen molar-refractivity contribution in [3.63, 3.8) is 0 Å². The summed E-state index contributed by atoms with van der Waals surface area (Å²) in [5.74, 6) is 0.481. The Hall–Kier alpha value is -4.73. The number of hydrogen-bond donors (Lipinski definition) is 2. The third kappa shape index (κ3) is 5.13. The minimum absolute atomic E-state index is 0.128. The van der Waals surface area contributed by atoms with Crippen molar-refractivity contribution < 1.29 is 29.1 Å². The van der Waals surface area contributed by atoms with Crippen molar-refractivity contribution in [3.8, 4) is 17.2 Å². The van der Waals surface area contributed by atoms with E-state index in [1.165, 1.54) is 12.3 Å². The van der Waals surface area contributed by atoms with Gasteiger partial charge in [0.05, 0.1) is 11.3 Å². The number of benzene rings is 1. The monoisotopic (exact) mass is 446 g/mol. The predicted octanol–water partition coefficient (Wildman–Crippen LogP) is 4.46. The molecular formula is C23H18N4O6. The van der Waals surface area contributed by atoms with Crippen LogP contribution in [0.5, 0.6) is 5.88 Å². The maximum atomic E-state index is 11.4. The van der Waals surface area contributed by atoms with Gasteiger partial charge < -0.3 is 19.5 Å². The number of rotatable bonds is 7. The highest BCUT2D eigenvalue weighted by Crippen LogP contribution is 2.30. The van der Waals surface area contributed by atoms with Crippen molar-refractivity contribution in [3.05, 3.63) is 89.9 Å². The number of hydrogen-bond acceptors (Lipinski definition) is 7. The molecule has 33 heavy (non-hydrogen) atoms. The number of nitrogens with zero attached hydrogens (tertiary/aromatic N) is 4. The van der Waals surface area contributed by atoms with Gasteiger partial charge in [0, 0.05) is 30.9 Å². The summed E-state index contributed by atoms with van der Waals surface area (Å²) in [5.41, 5.74) is 2.74. The molecule has 4 rings (SSSR count). The van der Waals surface area contributed by atoms with Gasteiger partial charge in [-0.1, -0.05) is 35.5 Å². The van der Waals surface area contributed by atoms with E-state index in [9.17, 15) is 19.8 Å². The molecule has 0 unspecified atom stereocenters. The molecule has 0 aliphatic heterocycles. The Morgan fingerprint density at radius 1 is 0.909 bits per heavy atom. The normalized spacial score (nSPS) is 10.5.